The van der Waals surface area contributed by atoms with E-state index in [4.69, 9.17) is 16.3 Å². The fraction of sp³-hybridized carbons (Fsp3) is 0.125. The molecule has 1 atom stereocenters. The first-order valence-corrected chi connectivity index (χ1v) is 8.01. The highest BCUT2D eigenvalue weighted by atomic mass is 127. The molecule has 2 rings (SSSR count). The Morgan fingerprint density at radius 2 is 2.05 bits per heavy atom. The Bertz CT molecular complexity index is 674. The molecule has 0 aliphatic carbocycles. The molecule has 0 spiro atoms. The number of ether oxygens (including phenoxy) is 1. The molecule has 0 aromatic heterocycles. The molecule has 0 aliphatic rings. The Morgan fingerprint density at radius 3 is 2.73 bits per heavy atom. The number of hydrogen-bond acceptors (Lipinski definition) is 3. The number of nitrogens with zero attached hydrogens (tertiary/aromatic N) is 1. The van der Waals surface area contributed by atoms with Gasteiger partial charge in [0.1, 0.15) is 5.75 Å². The van der Waals surface area contributed by atoms with Crippen molar-refractivity contribution in [1.82, 2.24) is 5.43 Å². The maximum atomic E-state index is 11.9. The van der Waals surface area contributed by atoms with Gasteiger partial charge in [0, 0.05) is 8.59 Å². The van der Waals surface area contributed by atoms with E-state index in [2.05, 4.69) is 33.1 Å². The number of rotatable bonds is 5. The molecule has 0 bridgehead atoms. The Hall–Kier alpha value is -1.60. The summed E-state index contributed by atoms with van der Waals surface area (Å²) in [7, 11) is 0. The number of nitrogens with one attached hydrogen (secondary N) is 1. The molecule has 0 fully saturated rings. The fourth-order valence-electron chi connectivity index (χ4n) is 1.62. The van der Waals surface area contributed by atoms with Crippen LogP contribution in [-0.4, -0.2) is 18.2 Å². The van der Waals surface area contributed by atoms with Gasteiger partial charge in [0.2, 0.25) is 0 Å². The van der Waals surface area contributed by atoms with E-state index in [1.165, 1.54) is 0 Å². The van der Waals surface area contributed by atoms with E-state index >= 15 is 0 Å². The second-order valence-electron chi connectivity index (χ2n) is 4.50. The van der Waals surface area contributed by atoms with E-state index in [1.54, 1.807) is 37.4 Å². The first-order valence-electron chi connectivity index (χ1n) is 6.55. The number of hydrogen-bond donors (Lipinski definition) is 1. The van der Waals surface area contributed by atoms with Crippen molar-refractivity contribution in [3.05, 3.63) is 62.7 Å². The summed E-state index contributed by atoms with van der Waals surface area (Å²) in [6.07, 6.45) is 0.934. The van der Waals surface area contributed by atoms with Gasteiger partial charge in [0.25, 0.3) is 5.91 Å². The van der Waals surface area contributed by atoms with Crippen molar-refractivity contribution in [1.29, 1.82) is 0 Å². The van der Waals surface area contributed by atoms with Crippen molar-refractivity contribution in [2.45, 2.75) is 13.0 Å². The van der Waals surface area contributed by atoms with Crippen molar-refractivity contribution >= 4 is 46.3 Å². The average molecular weight is 429 g/mol. The van der Waals surface area contributed by atoms with Gasteiger partial charge in [0.05, 0.1) is 6.21 Å². The van der Waals surface area contributed by atoms with Crippen molar-refractivity contribution in [2.24, 2.45) is 5.10 Å². The minimum absolute atomic E-state index is 0.322. The van der Waals surface area contributed by atoms with Gasteiger partial charge in [-0.05, 0) is 71.5 Å². The van der Waals surface area contributed by atoms with Crippen molar-refractivity contribution < 1.29 is 9.53 Å². The van der Waals surface area contributed by atoms with Crippen LogP contribution in [0.4, 0.5) is 0 Å². The van der Waals surface area contributed by atoms with Crippen LogP contribution in [0, 0.1) is 3.57 Å². The minimum atomic E-state index is -0.658. The highest BCUT2D eigenvalue weighted by Crippen LogP contribution is 2.16. The summed E-state index contributed by atoms with van der Waals surface area (Å²) < 4.78 is 6.61. The molecule has 0 radical (unpaired) electrons. The number of amides is 1. The lowest BCUT2D eigenvalue weighted by atomic mass is 10.2. The number of halogens is 2. The summed E-state index contributed by atoms with van der Waals surface area (Å²) >= 11 is 8.01. The molecule has 22 heavy (non-hydrogen) atoms. The molecule has 1 amide bonds. The second kappa shape index (κ2) is 8.14. The largest absolute Gasteiger partial charge is 0.481 e. The lowest BCUT2D eigenvalue weighted by Crippen LogP contribution is -2.33. The highest BCUT2D eigenvalue weighted by molar-refractivity contribution is 14.1. The number of carbonyl (C=O) groups is 1. The minimum Gasteiger partial charge on any atom is -0.481 e. The summed E-state index contributed by atoms with van der Waals surface area (Å²) in [6, 6.07) is 14.6. The van der Waals surface area contributed by atoms with Gasteiger partial charge in [-0.3, -0.25) is 4.79 Å². The van der Waals surface area contributed by atoms with Crippen LogP contribution in [0.3, 0.4) is 0 Å². The van der Waals surface area contributed by atoms with E-state index in [1.807, 2.05) is 24.3 Å². The molecule has 2 aromatic carbocycles. The molecule has 0 saturated heterocycles. The third kappa shape index (κ3) is 5.31. The zero-order chi connectivity index (χ0) is 15.9. The summed E-state index contributed by atoms with van der Waals surface area (Å²) in [5.41, 5.74) is 3.37. The first-order chi connectivity index (χ1) is 10.5. The Labute approximate surface area is 147 Å². The van der Waals surface area contributed by atoms with Gasteiger partial charge in [-0.15, -0.1) is 0 Å². The number of hydrazone groups is 1. The zero-order valence-corrected chi connectivity index (χ0v) is 14.7. The lowest BCUT2D eigenvalue weighted by Gasteiger charge is -2.12. The predicted octanol–water partition coefficient (Wildman–Crippen LogP) is 3.86. The predicted molar refractivity (Wildman–Crippen MR) is 96.4 cm³/mol. The van der Waals surface area contributed by atoms with Gasteiger partial charge >= 0.3 is 0 Å². The van der Waals surface area contributed by atoms with Crippen LogP contribution in [0.1, 0.15) is 12.5 Å². The smallest absolute Gasteiger partial charge is 0.280 e. The van der Waals surface area contributed by atoms with Crippen molar-refractivity contribution in [2.75, 3.05) is 0 Å². The van der Waals surface area contributed by atoms with Crippen LogP contribution in [0.15, 0.2) is 53.6 Å². The Morgan fingerprint density at radius 1 is 1.32 bits per heavy atom. The Balaban J connectivity index is 1.87. The van der Waals surface area contributed by atoms with Crippen molar-refractivity contribution in [3.63, 3.8) is 0 Å². The van der Waals surface area contributed by atoms with Crippen LogP contribution >= 0.6 is 34.2 Å². The zero-order valence-electron chi connectivity index (χ0n) is 11.8. The van der Waals surface area contributed by atoms with Crippen LogP contribution in [-0.2, 0) is 4.79 Å². The normalized spacial score (nSPS) is 12.1. The van der Waals surface area contributed by atoms with Crippen molar-refractivity contribution in [3.8, 4) is 5.75 Å². The number of benzene rings is 2. The Kier molecular flexibility index (Phi) is 6.21. The maximum absolute atomic E-state index is 11.9. The van der Waals surface area contributed by atoms with E-state index in [0.29, 0.717) is 10.8 Å². The molecule has 1 unspecified atom stereocenters. The summed E-state index contributed by atoms with van der Waals surface area (Å²) in [5, 5.41) is 4.55. The molecule has 1 N–H and O–H groups in total. The molecule has 2 aromatic rings. The van der Waals surface area contributed by atoms with Gasteiger partial charge < -0.3 is 4.74 Å². The molecule has 0 heterocycles. The topological polar surface area (TPSA) is 50.7 Å². The summed E-state index contributed by atoms with van der Waals surface area (Å²) in [4.78, 5) is 11.9. The van der Waals surface area contributed by atoms with Crippen LogP contribution in [0.5, 0.6) is 5.75 Å². The van der Waals surface area contributed by atoms with Gasteiger partial charge in [-0.1, -0.05) is 23.7 Å². The van der Waals surface area contributed by atoms with Gasteiger partial charge in [-0.25, -0.2) is 5.43 Å². The standard InChI is InChI=1S/C16H14ClIN2O2/c1-11(22-15-7-5-13(17)6-8-15)16(21)20-19-10-12-3-2-4-14(18)9-12/h2-11H,1H3,(H,20,21)/b19-10-. The quantitative estimate of drug-likeness (QED) is 0.447. The molecule has 0 saturated carbocycles. The third-order valence-corrected chi connectivity index (χ3v) is 3.66. The second-order valence-corrected chi connectivity index (χ2v) is 6.19. The number of carbonyl (C=O) groups excluding carboxylic acids is 1. The van der Waals surface area contributed by atoms with E-state index in [-0.39, 0.29) is 5.91 Å². The molecular formula is C16H14ClIN2O2. The molecule has 6 heteroatoms. The van der Waals surface area contributed by atoms with E-state index < -0.39 is 6.10 Å². The maximum Gasteiger partial charge on any atom is 0.280 e. The molecular weight excluding hydrogens is 415 g/mol. The lowest BCUT2D eigenvalue weighted by molar-refractivity contribution is -0.127. The van der Waals surface area contributed by atoms with Crippen LogP contribution < -0.4 is 10.2 Å². The highest BCUT2D eigenvalue weighted by Gasteiger charge is 2.13. The fourth-order valence-corrected chi connectivity index (χ4v) is 2.31. The van der Waals surface area contributed by atoms with Crippen LogP contribution in [0.2, 0.25) is 5.02 Å². The summed E-state index contributed by atoms with van der Waals surface area (Å²) in [6.45, 7) is 1.66. The SMILES string of the molecule is CC(Oc1ccc(Cl)cc1)C(=O)N/N=C\c1cccc(I)c1. The monoisotopic (exact) mass is 428 g/mol. The average Bonchev–Trinajstić information content (AvgIpc) is 2.49. The van der Waals surface area contributed by atoms with E-state index in [0.717, 1.165) is 9.13 Å². The molecule has 114 valence electrons. The van der Waals surface area contributed by atoms with Gasteiger partial charge in [0.15, 0.2) is 6.10 Å². The molecule has 4 nitrogen and oxygen atoms in total. The van der Waals surface area contributed by atoms with Crippen LogP contribution in [0.25, 0.3) is 0 Å². The van der Waals surface area contributed by atoms with Gasteiger partial charge in [-0.2, -0.15) is 5.10 Å². The first kappa shape index (κ1) is 16.8. The summed E-state index contributed by atoms with van der Waals surface area (Å²) in [5.74, 6) is 0.255. The molecule has 0 aliphatic heterocycles. The third-order valence-electron chi connectivity index (χ3n) is 2.73. The van der Waals surface area contributed by atoms with E-state index in [9.17, 15) is 4.79 Å².